The minimum atomic E-state index is -0.406. The predicted octanol–water partition coefficient (Wildman–Crippen LogP) is 2.39. The Hall–Kier alpha value is -2.58. The fourth-order valence-corrected chi connectivity index (χ4v) is 3.50. The summed E-state index contributed by atoms with van der Waals surface area (Å²) in [7, 11) is 1.87. The molecule has 0 spiro atoms. The molecule has 1 saturated heterocycles. The van der Waals surface area contributed by atoms with Crippen molar-refractivity contribution in [1.82, 2.24) is 15.1 Å². The third kappa shape index (κ3) is 5.27. The van der Waals surface area contributed by atoms with E-state index in [-0.39, 0.29) is 30.2 Å². The van der Waals surface area contributed by atoms with Gasteiger partial charge in [0.15, 0.2) is 0 Å². The van der Waals surface area contributed by atoms with Crippen LogP contribution in [-0.4, -0.2) is 47.9 Å². The molecule has 29 heavy (non-hydrogen) atoms. The summed E-state index contributed by atoms with van der Waals surface area (Å²) in [6.07, 6.45) is 3.76. The van der Waals surface area contributed by atoms with Crippen molar-refractivity contribution in [2.24, 2.45) is 13.0 Å². The Morgan fingerprint density at radius 1 is 1.28 bits per heavy atom. The maximum absolute atomic E-state index is 13.0. The number of carbonyl (C=O) groups excluding carboxylic acids is 2. The highest BCUT2D eigenvalue weighted by molar-refractivity contribution is 5.99. The van der Waals surface area contributed by atoms with Crippen molar-refractivity contribution in [3.05, 3.63) is 41.7 Å². The number of anilines is 2. The number of hydrogen-bond acceptors (Lipinski definition) is 6. The zero-order valence-electron chi connectivity index (χ0n) is 16.9. The molecule has 0 unspecified atom stereocenters. The first kappa shape index (κ1) is 22.7. The van der Waals surface area contributed by atoms with Crippen molar-refractivity contribution >= 4 is 35.7 Å². The molecule has 0 radical (unpaired) electrons. The van der Waals surface area contributed by atoms with E-state index >= 15 is 0 Å². The second-order valence-electron chi connectivity index (χ2n) is 6.82. The number of aromatic nitrogens is 2. The molecule has 1 fully saturated rings. The van der Waals surface area contributed by atoms with Gasteiger partial charge in [0.05, 0.1) is 35.7 Å². The van der Waals surface area contributed by atoms with Crippen molar-refractivity contribution in [3.63, 3.8) is 0 Å². The summed E-state index contributed by atoms with van der Waals surface area (Å²) in [6.45, 7) is 6.07. The van der Waals surface area contributed by atoms with Gasteiger partial charge in [0.1, 0.15) is 0 Å². The molecule has 2 heterocycles. The highest BCUT2D eigenvalue weighted by atomic mass is 35.5. The molecule has 1 aromatic carbocycles. The van der Waals surface area contributed by atoms with Crippen LogP contribution in [0.1, 0.15) is 35.7 Å². The van der Waals surface area contributed by atoms with Crippen LogP contribution >= 0.6 is 12.4 Å². The molecular formula is C20H28ClN5O3. The van der Waals surface area contributed by atoms with Crippen molar-refractivity contribution in [3.8, 4) is 0 Å². The van der Waals surface area contributed by atoms with Gasteiger partial charge in [-0.05, 0) is 37.6 Å². The van der Waals surface area contributed by atoms with Crippen LogP contribution in [0.15, 0.2) is 30.6 Å². The highest BCUT2D eigenvalue weighted by Gasteiger charge is 2.35. The predicted molar refractivity (Wildman–Crippen MR) is 115 cm³/mol. The molecule has 0 aliphatic carbocycles. The number of carbonyl (C=O) groups is 2. The SMILES string of the molecule is CCNc1ccc(C(=O)OCC)cc1NC(=O)[C@H]1CNC[C@@H]1c1cnn(C)c1.Cl. The van der Waals surface area contributed by atoms with Gasteiger partial charge in [-0.1, -0.05) is 0 Å². The number of rotatable bonds is 7. The van der Waals surface area contributed by atoms with Crippen LogP contribution in [0.4, 0.5) is 11.4 Å². The lowest BCUT2D eigenvalue weighted by Gasteiger charge is -2.19. The van der Waals surface area contributed by atoms with Gasteiger partial charge in [-0.2, -0.15) is 5.10 Å². The van der Waals surface area contributed by atoms with Crippen LogP contribution in [0.25, 0.3) is 0 Å². The molecule has 9 heteroatoms. The van der Waals surface area contributed by atoms with Crippen molar-refractivity contribution in [2.75, 3.05) is 36.9 Å². The maximum Gasteiger partial charge on any atom is 0.338 e. The number of amides is 1. The monoisotopic (exact) mass is 421 g/mol. The highest BCUT2D eigenvalue weighted by Crippen LogP contribution is 2.30. The molecule has 1 aliphatic rings. The van der Waals surface area contributed by atoms with Gasteiger partial charge in [-0.3, -0.25) is 9.48 Å². The number of nitrogens with zero attached hydrogens (tertiary/aromatic N) is 2. The molecule has 1 aliphatic heterocycles. The van der Waals surface area contributed by atoms with E-state index in [0.717, 1.165) is 17.8 Å². The summed E-state index contributed by atoms with van der Waals surface area (Å²) in [5, 5.41) is 13.7. The molecule has 1 amide bonds. The van der Waals surface area contributed by atoms with E-state index in [1.165, 1.54) is 0 Å². The van der Waals surface area contributed by atoms with Gasteiger partial charge < -0.3 is 20.7 Å². The first-order chi connectivity index (χ1) is 13.5. The number of ether oxygens (including phenoxy) is 1. The van der Waals surface area contributed by atoms with E-state index in [1.54, 1.807) is 29.8 Å². The van der Waals surface area contributed by atoms with Crippen LogP contribution in [0, 0.1) is 5.92 Å². The average molecular weight is 422 g/mol. The van der Waals surface area contributed by atoms with Gasteiger partial charge in [0.2, 0.25) is 5.91 Å². The first-order valence-electron chi connectivity index (χ1n) is 9.58. The number of esters is 1. The molecule has 1 aromatic heterocycles. The van der Waals surface area contributed by atoms with Crippen LogP contribution in [-0.2, 0) is 16.6 Å². The number of nitrogens with one attached hydrogen (secondary N) is 3. The van der Waals surface area contributed by atoms with Crippen molar-refractivity contribution in [1.29, 1.82) is 0 Å². The van der Waals surface area contributed by atoms with Gasteiger partial charge in [-0.15, -0.1) is 12.4 Å². The lowest BCUT2D eigenvalue weighted by Crippen LogP contribution is -2.28. The summed E-state index contributed by atoms with van der Waals surface area (Å²) < 4.78 is 6.82. The van der Waals surface area contributed by atoms with Crippen LogP contribution in [0.3, 0.4) is 0 Å². The Labute approximate surface area is 176 Å². The van der Waals surface area contributed by atoms with E-state index < -0.39 is 5.97 Å². The van der Waals surface area contributed by atoms with Crippen LogP contribution in [0.2, 0.25) is 0 Å². The van der Waals surface area contributed by atoms with E-state index in [0.29, 0.717) is 30.9 Å². The topological polar surface area (TPSA) is 97.3 Å². The second kappa shape index (κ2) is 10.3. The Kier molecular flexibility index (Phi) is 8.04. The summed E-state index contributed by atoms with van der Waals surface area (Å²) in [5.74, 6) is -0.648. The van der Waals surface area contributed by atoms with Crippen molar-refractivity contribution < 1.29 is 14.3 Å². The van der Waals surface area contributed by atoms with E-state index in [9.17, 15) is 9.59 Å². The standard InChI is InChI=1S/C20H27N5O3.ClH/c1-4-22-17-7-6-13(20(27)28-5-2)8-18(17)24-19(26)16-11-21-10-15(16)14-9-23-25(3)12-14;/h6-9,12,15-16,21-22H,4-5,10-11H2,1-3H3,(H,24,26);1H/t15-,16+;/m1./s1. The average Bonchev–Trinajstić information content (AvgIpc) is 3.32. The number of benzene rings is 1. The van der Waals surface area contributed by atoms with Gasteiger partial charge in [0, 0.05) is 38.8 Å². The quantitative estimate of drug-likeness (QED) is 0.594. The maximum atomic E-state index is 13.0. The Bertz CT molecular complexity index is 854. The van der Waals surface area contributed by atoms with E-state index in [1.807, 2.05) is 26.4 Å². The number of halogens is 1. The molecule has 0 saturated carbocycles. The summed E-state index contributed by atoms with van der Waals surface area (Å²) in [4.78, 5) is 25.1. The minimum Gasteiger partial charge on any atom is -0.462 e. The fraction of sp³-hybridized carbons (Fsp3) is 0.450. The Morgan fingerprint density at radius 3 is 2.72 bits per heavy atom. The largest absolute Gasteiger partial charge is 0.462 e. The molecular weight excluding hydrogens is 394 g/mol. The molecule has 0 bridgehead atoms. The second-order valence-corrected chi connectivity index (χ2v) is 6.82. The van der Waals surface area contributed by atoms with E-state index in [4.69, 9.17) is 4.74 Å². The molecule has 8 nitrogen and oxygen atoms in total. The number of hydrogen-bond donors (Lipinski definition) is 3. The lowest BCUT2D eigenvalue weighted by atomic mass is 9.90. The minimum absolute atomic E-state index is 0. The summed E-state index contributed by atoms with van der Waals surface area (Å²) >= 11 is 0. The third-order valence-corrected chi connectivity index (χ3v) is 4.86. The molecule has 158 valence electrons. The Morgan fingerprint density at radius 2 is 2.07 bits per heavy atom. The smallest absolute Gasteiger partial charge is 0.338 e. The third-order valence-electron chi connectivity index (χ3n) is 4.86. The summed E-state index contributed by atoms with van der Waals surface area (Å²) in [5.41, 5.74) is 2.80. The van der Waals surface area contributed by atoms with Crippen LogP contribution < -0.4 is 16.0 Å². The first-order valence-corrected chi connectivity index (χ1v) is 9.58. The van der Waals surface area contributed by atoms with Gasteiger partial charge >= 0.3 is 5.97 Å². The number of aryl methyl sites for hydroxylation is 1. The zero-order valence-corrected chi connectivity index (χ0v) is 17.7. The molecule has 3 N–H and O–H groups in total. The van der Waals surface area contributed by atoms with Gasteiger partial charge in [-0.25, -0.2) is 4.79 Å². The van der Waals surface area contributed by atoms with Crippen molar-refractivity contribution in [2.45, 2.75) is 19.8 Å². The normalized spacial score (nSPS) is 18.0. The fourth-order valence-electron chi connectivity index (χ4n) is 3.50. The van der Waals surface area contributed by atoms with E-state index in [2.05, 4.69) is 21.0 Å². The summed E-state index contributed by atoms with van der Waals surface area (Å²) in [6, 6.07) is 5.15. The molecule has 3 rings (SSSR count). The molecule has 2 aromatic rings. The zero-order chi connectivity index (χ0) is 20.1. The van der Waals surface area contributed by atoms with Crippen LogP contribution in [0.5, 0.6) is 0 Å². The Balaban J connectivity index is 0.00000300. The molecule has 2 atom stereocenters. The van der Waals surface area contributed by atoms with Gasteiger partial charge in [0.25, 0.3) is 0 Å². The lowest BCUT2D eigenvalue weighted by molar-refractivity contribution is -0.119.